The third-order valence-electron chi connectivity index (χ3n) is 7.47. The van der Waals surface area contributed by atoms with Gasteiger partial charge in [-0.1, -0.05) is 6.07 Å². The number of likely N-dealkylation sites (tertiary alicyclic amines) is 1. The molecule has 0 radical (unpaired) electrons. The number of imidazole rings is 1. The van der Waals surface area contributed by atoms with Crippen molar-refractivity contribution in [1.29, 1.82) is 0 Å². The summed E-state index contributed by atoms with van der Waals surface area (Å²) in [7, 11) is 0. The van der Waals surface area contributed by atoms with Gasteiger partial charge in [-0.25, -0.2) is 9.78 Å². The molecule has 1 saturated heterocycles. The number of nitrogens with one attached hydrogen (secondary N) is 1. The van der Waals surface area contributed by atoms with Crippen LogP contribution in [0.1, 0.15) is 37.6 Å². The first-order chi connectivity index (χ1) is 18.3. The van der Waals surface area contributed by atoms with Crippen molar-refractivity contribution in [3.05, 3.63) is 58.3 Å². The Morgan fingerprint density at radius 2 is 1.92 bits per heavy atom. The zero-order valence-electron chi connectivity index (χ0n) is 21.4. The number of carboxylic acid groups (broad SMARTS) is 1. The number of carbonyl (C=O) groups is 3. The van der Waals surface area contributed by atoms with Crippen LogP contribution >= 0.6 is 0 Å². The minimum absolute atomic E-state index is 0.0410. The van der Waals surface area contributed by atoms with Gasteiger partial charge in [0.2, 0.25) is 11.8 Å². The van der Waals surface area contributed by atoms with Crippen molar-refractivity contribution >= 4 is 34.6 Å². The monoisotopic (exact) mass is 520 g/mol. The normalized spacial score (nSPS) is 17.0. The van der Waals surface area contributed by atoms with Crippen LogP contribution in [0.5, 0.6) is 0 Å². The average Bonchev–Trinajstić information content (AvgIpc) is 3.55. The molecule has 2 N–H and O–H groups in total. The molecule has 11 nitrogen and oxygen atoms in total. The minimum Gasteiger partial charge on any atom is -0.465 e. The molecule has 200 valence electrons. The molecule has 0 spiro atoms. The molecule has 0 saturated carbocycles. The lowest BCUT2D eigenvalue weighted by Gasteiger charge is -2.33. The van der Waals surface area contributed by atoms with E-state index in [-0.39, 0.29) is 36.5 Å². The highest BCUT2D eigenvalue weighted by Gasteiger charge is 2.31. The van der Waals surface area contributed by atoms with Gasteiger partial charge in [-0.2, -0.15) is 0 Å². The zero-order valence-corrected chi connectivity index (χ0v) is 21.4. The Morgan fingerprint density at radius 1 is 1.13 bits per heavy atom. The van der Waals surface area contributed by atoms with Gasteiger partial charge in [0.05, 0.1) is 23.3 Å². The summed E-state index contributed by atoms with van der Waals surface area (Å²) in [6.45, 7) is 3.61. The summed E-state index contributed by atoms with van der Waals surface area (Å²) >= 11 is 0. The molecule has 4 heterocycles. The van der Waals surface area contributed by atoms with Crippen molar-refractivity contribution in [2.24, 2.45) is 0 Å². The van der Waals surface area contributed by atoms with Gasteiger partial charge in [0.1, 0.15) is 12.4 Å². The van der Waals surface area contributed by atoms with E-state index in [1.165, 1.54) is 11.0 Å². The summed E-state index contributed by atoms with van der Waals surface area (Å²) in [5.74, 6) is 0.214. The van der Waals surface area contributed by atoms with Crippen LogP contribution in [-0.2, 0) is 35.5 Å². The summed E-state index contributed by atoms with van der Waals surface area (Å²) in [5, 5.41) is 12.6. The number of carbonyl (C=O) groups excluding carboxylic acids is 2. The average molecular weight is 521 g/mol. The predicted molar refractivity (Wildman–Crippen MR) is 141 cm³/mol. The maximum absolute atomic E-state index is 13.0. The third kappa shape index (κ3) is 5.00. The molecular weight excluding hydrogens is 488 g/mol. The Kier molecular flexibility index (Phi) is 7.17. The van der Waals surface area contributed by atoms with Gasteiger partial charge in [-0.15, -0.1) is 0 Å². The van der Waals surface area contributed by atoms with E-state index in [1.807, 2.05) is 11.5 Å². The van der Waals surface area contributed by atoms with Crippen LogP contribution in [0, 0.1) is 0 Å². The van der Waals surface area contributed by atoms with Gasteiger partial charge in [-0.3, -0.25) is 19.3 Å². The number of hydrogen-bond acceptors (Lipinski definition) is 5. The fourth-order valence-electron chi connectivity index (χ4n) is 5.45. The Bertz CT molecular complexity index is 1440. The summed E-state index contributed by atoms with van der Waals surface area (Å²) < 4.78 is 3.39. The number of pyridine rings is 1. The Hall–Kier alpha value is -4.15. The van der Waals surface area contributed by atoms with E-state index < -0.39 is 6.09 Å². The van der Waals surface area contributed by atoms with Gasteiger partial charge in [-0.05, 0) is 50.8 Å². The topological polar surface area (TPSA) is 130 Å². The molecule has 1 fully saturated rings. The van der Waals surface area contributed by atoms with Crippen LogP contribution < -0.4 is 15.8 Å². The maximum atomic E-state index is 13.0. The first kappa shape index (κ1) is 25.5. The number of amides is 3. The lowest BCUT2D eigenvalue weighted by atomic mass is 9.96. The minimum atomic E-state index is -1.01. The van der Waals surface area contributed by atoms with Crippen molar-refractivity contribution in [3.63, 3.8) is 0 Å². The van der Waals surface area contributed by atoms with E-state index in [2.05, 4.69) is 5.32 Å². The second-order valence-corrected chi connectivity index (χ2v) is 9.93. The molecule has 1 atom stereocenters. The molecule has 5 rings (SSSR count). The van der Waals surface area contributed by atoms with Crippen LogP contribution in [-0.4, -0.2) is 67.7 Å². The number of aryl methyl sites for hydroxylation is 3. The Labute approximate surface area is 219 Å². The molecule has 11 heteroatoms. The van der Waals surface area contributed by atoms with Crippen molar-refractivity contribution in [3.8, 4) is 0 Å². The standard InChI is InChI=1S/C27H32N6O5/c1-18-7-8-19-20(33(18)27(37)38)9-10-21-26(19)29-22(11-15-31-12-3-2-6-24(31)35)32(21)17-23(34)28-16-25(36)30-13-4-5-14-30/h2-3,6,9-10,12,18H,4-5,7-8,11,13-17H2,1H3,(H,28,34)(H,37,38)/t18-/m0/s1. The van der Waals surface area contributed by atoms with E-state index in [0.717, 1.165) is 37.0 Å². The van der Waals surface area contributed by atoms with Crippen LogP contribution in [0.3, 0.4) is 0 Å². The Morgan fingerprint density at radius 3 is 2.66 bits per heavy atom. The number of rotatable bonds is 7. The lowest BCUT2D eigenvalue weighted by molar-refractivity contribution is -0.132. The van der Waals surface area contributed by atoms with Crippen LogP contribution in [0.15, 0.2) is 41.3 Å². The summed E-state index contributed by atoms with van der Waals surface area (Å²) in [6.07, 6.45) is 4.39. The number of nitrogens with zero attached hydrogens (tertiary/aromatic N) is 5. The molecule has 3 aromatic rings. The van der Waals surface area contributed by atoms with Crippen molar-refractivity contribution in [2.75, 3.05) is 24.5 Å². The second kappa shape index (κ2) is 10.7. The van der Waals surface area contributed by atoms with Crippen molar-refractivity contribution < 1.29 is 19.5 Å². The summed E-state index contributed by atoms with van der Waals surface area (Å²) in [6, 6.07) is 8.39. The number of fused-ring (bicyclic) bond motifs is 3. The van der Waals surface area contributed by atoms with Crippen LogP contribution in [0.4, 0.5) is 10.5 Å². The fraction of sp³-hybridized carbons (Fsp3) is 0.444. The second-order valence-electron chi connectivity index (χ2n) is 9.93. The molecule has 0 bridgehead atoms. The highest BCUT2D eigenvalue weighted by molar-refractivity contribution is 5.95. The van der Waals surface area contributed by atoms with E-state index in [0.29, 0.717) is 42.8 Å². The first-order valence-corrected chi connectivity index (χ1v) is 13.1. The van der Waals surface area contributed by atoms with E-state index >= 15 is 0 Å². The van der Waals surface area contributed by atoms with Gasteiger partial charge >= 0.3 is 6.09 Å². The van der Waals surface area contributed by atoms with E-state index in [9.17, 15) is 24.3 Å². The number of anilines is 1. The zero-order chi connectivity index (χ0) is 26.8. The molecule has 1 aromatic carbocycles. The maximum Gasteiger partial charge on any atom is 0.412 e. The molecule has 0 unspecified atom stereocenters. The molecule has 3 amide bonds. The quantitative estimate of drug-likeness (QED) is 0.490. The fourth-order valence-corrected chi connectivity index (χ4v) is 5.45. The van der Waals surface area contributed by atoms with Crippen molar-refractivity contribution in [1.82, 2.24) is 24.3 Å². The van der Waals surface area contributed by atoms with E-state index in [4.69, 9.17) is 4.98 Å². The molecule has 0 aliphatic carbocycles. The van der Waals surface area contributed by atoms with Crippen molar-refractivity contribution in [2.45, 2.75) is 58.2 Å². The number of hydrogen-bond donors (Lipinski definition) is 2. The predicted octanol–water partition coefficient (Wildman–Crippen LogP) is 2.00. The van der Waals surface area contributed by atoms with Gasteiger partial charge in [0.25, 0.3) is 5.56 Å². The molecular formula is C27H32N6O5. The van der Waals surface area contributed by atoms with Crippen LogP contribution in [0.2, 0.25) is 0 Å². The number of aromatic nitrogens is 3. The van der Waals surface area contributed by atoms with Gasteiger partial charge in [0.15, 0.2) is 0 Å². The SMILES string of the molecule is C[C@H]1CCc2c(ccc3c2nc(CCn2ccccc2=O)n3CC(=O)NCC(=O)N2CCCC2)N1C(=O)O. The molecule has 2 aliphatic heterocycles. The smallest absolute Gasteiger partial charge is 0.412 e. The molecule has 38 heavy (non-hydrogen) atoms. The highest BCUT2D eigenvalue weighted by atomic mass is 16.4. The highest BCUT2D eigenvalue weighted by Crippen LogP contribution is 2.36. The van der Waals surface area contributed by atoms with Gasteiger partial charge < -0.3 is 24.5 Å². The summed E-state index contributed by atoms with van der Waals surface area (Å²) in [5.41, 5.74) is 2.71. The van der Waals surface area contributed by atoms with Gasteiger partial charge in [0, 0.05) is 49.9 Å². The molecule has 2 aliphatic rings. The largest absolute Gasteiger partial charge is 0.465 e. The summed E-state index contributed by atoms with van der Waals surface area (Å²) in [4.78, 5) is 57.6. The number of benzene rings is 1. The Balaban J connectivity index is 1.45. The lowest BCUT2D eigenvalue weighted by Crippen LogP contribution is -2.41. The van der Waals surface area contributed by atoms with Crippen LogP contribution in [0.25, 0.3) is 11.0 Å². The first-order valence-electron chi connectivity index (χ1n) is 13.1. The van der Waals surface area contributed by atoms with E-state index in [1.54, 1.807) is 39.9 Å². The third-order valence-corrected chi connectivity index (χ3v) is 7.47. The molecule has 2 aromatic heterocycles.